The molecule has 0 heterocycles. The maximum absolute atomic E-state index is 6.08. The Labute approximate surface area is 130 Å². The molecule has 2 aromatic rings. The molecule has 2 rings (SSSR count). The van der Waals surface area contributed by atoms with E-state index in [2.05, 4.69) is 67.9 Å². The number of ether oxygens (including phenoxy) is 1. The standard InChI is InChI=1S/C18H21BrO/c1-13-9-10-15(18(2,3)4)17(11-13)20-12-14-7-5-6-8-16(14)19/h5-11H,12H2,1-4H3. The molecule has 0 fully saturated rings. The Bertz CT molecular complexity index is 597. The van der Waals surface area contributed by atoms with Crippen molar-refractivity contribution in [3.05, 3.63) is 63.6 Å². The number of rotatable bonds is 3. The quantitative estimate of drug-likeness (QED) is 0.707. The van der Waals surface area contributed by atoms with Gasteiger partial charge in [0.2, 0.25) is 0 Å². The van der Waals surface area contributed by atoms with E-state index in [1.54, 1.807) is 0 Å². The molecule has 0 N–H and O–H groups in total. The van der Waals surface area contributed by atoms with Gasteiger partial charge >= 0.3 is 0 Å². The van der Waals surface area contributed by atoms with Crippen molar-refractivity contribution in [1.82, 2.24) is 0 Å². The summed E-state index contributed by atoms with van der Waals surface area (Å²) in [7, 11) is 0. The molecule has 0 saturated carbocycles. The van der Waals surface area contributed by atoms with E-state index in [1.165, 1.54) is 11.1 Å². The number of hydrogen-bond donors (Lipinski definition) is 0. The molecule has 0 aliphatic rings. The molecular weight excluding hydrogens is 312 g/mol. The molecule has 0 bridgehead atoms. The normalized spacial score (nSPS) is 11.4. The molecule has 0 atom stereocenters. The Kier molecular flexibility index (Phi) is 4.54. The smallest absolute Gasteiger partial charge is 0.123 e. The lowest BCUT2D eigenvalue weighted by molar-refractivity contribution is 0.296. The zero-order valence-electron chi connectivity index (χ0n) is 12.5. The van der Waals surface area contributed by atoms with Crippen LogP contribution in [-0.2, 0) is 12.0 Å². The van der Waals surface area contributed by atoms with Crippen LogP contribution in [0.3, 0.4) is 0 Å². The van der Waals surface area contributed by atoms with Gasteiger partial charge in [-0.3, -0.25) is 0 Å². The van der Waals surface area contributed by atoms with Crippen LogP contribution in [0.4, 0.5) is 0 Å². The number of benzene rings is 2. The van der Waals surface area contributed by atoms with E-state index in [1.807, 2.05) is 18.2 Å². The summed E-state index contributed by atoms with van der Waals surface area (Å²) in [6.07, 6.45) is 0. The predicted octanol–water partition coefficient (Wildman–Crippen LogP) is 5.63. The van der Waals surface area contributed by atoms with Crippen molar-refractivity contribution in [3.8, 4) is 5.75 Å². The first kappa shape index (κ1) is 15.1. The molecule has 1 nitrogen and oxygen atoms in total. The predicted molar refractivity (Wildman–Crippen MR) is 88.4 cm³/mol. The zero-order valence-corrected chi connectivity index (χ0v) is 14.1. The fourth-order valence-electron chi connectivity index (χ4n) is 2.14. The molecule has 0 unspecified atom stereocenters. The first-order valence-electron chi connectivity index (χ1n) is 6.85. The second kappa shape index (κ2) is 6.01. The number of halogens is 1. The highest BCUT2D eigenvalue weighted by Crippen LogP contribution is 2.32. The third kappa shape index (κ3) is 3.63. The summed E-state index contributed by atoms with van der Waals surface area (Å²) < 4.78 is 7.17. The molecule has 0 radical (unpaired) electrons. The lowest BCUT2D eigenvalue weighted by Crippen LogP contribution is -2.13. The van der Waals surface area contributed by atoms with Crippen LogP contribution in [0, 0.1) is 6.92 Å². The van der Waals surface area contributed by atoms with E-state index in [4.69, 9.17) is 4.74 Å². The van der Waals surface area contributed by atoms with Crippen molar-refractivity contribution < 1.29 is 4.74 Å². The van der Waals surface area contributed by atoms with Crippen molar-refractivity contribution in [3.63, 3.8) is 0 Å². The van der Waals surface area contributed by atoms with Gasteiger partial charge in [0.05, 0.1) is 0 Å². The van der Waals surface area contributed by atoms with Crippen molar-refractivity contribution in [1.29, 1.82) is 0 Å². The highest BCUT2D eigenvalue weighted by atomic mass is 79.9. The minimum absolute atomic E-state index is 0.0803. The SMILES string of the molecule is Cc1ccc(C(C)(C)C)c(OCc2ccccc2Br)c1. The van der Waals surface area contributed by atoms with Gasteiger partial charge in [-0.15, -0.1) is 0 Å². The number of aryl methyl sites for hydroxylation is 1. The maximum Gasteiger partial charge on any atom is 0.123 e. The van der Waals surface area contributed by atoms with E-state index in [0.717, 1.165) is 15.8 Å². The molecule has 20 heavy (non-hydrogen) atoms. The van der Waals surface area contributed by atoms with Gasteiger partial charge < -0.3 is 4.74 Å². The van der Waals surface area contributed by atoms with E-state index < -0.39 is 0 Å². The summed E-state index contributed by atoms with van der Waals surface area (Å²) in [4.78, 5) is 0. The molecule has 0 spiro atoms. The van der Waals surface area contributed by atoms with E-state index >= 15 is 0 Å². The summed E-state index contributed by atoms with van der Waals surface area (Å²) in [6.45, 7) is 9.31. The number of hydrogen-bond acceptors (Lipinski definition) is 1. The van der Waals surface area contributed by atoms with Gasteiger partial charge in [0.1, 0.15) is 12.4 Å². The van der Waals surface area contributed by atoms with Gasteiger partial charge in [0.15, 0.2) is 0 Å². The fraction of sp³-hybridized carbons (Fsp3) is 0.333. The summed E-state index contributed by atoms with van der Waals surface area (Å²) in [5.74, 6) is 0.980. The highest BCUT2D eigenvalue weighted by Gasteiger charge is 2.19. The van der Waals surface area contributed by atoms with Crippen molar-refractivity contribution in [2.75, 3.05) is 0 Å². The second-order valence-electron chi connectivity index (χ2n) is 6.13. The molecule has 2 heteroatoms. The van der Waals surface area contributed by atoms with Crippen LogP contribution < -0.4 is 4.74 Å². The first-order valence-corrected chi connectivity index (χ1v) is 7.64. The van der Waals surface area contributed by atoms with Crippen LogP contribution >= 0.6 is 15.9 Å². The average Bonchev–Trinajstić information content (AvgIpc) is 2.36. The molecular formula is C18H21BrO. The highest BCUT2D eigenvalue weighted by molar-refractivity contribution is 9.10. The Balaban J connectivity index is 2.25. The summed E-state index contributed by atoms with van der Waals surface area (Å²) in [5.41, 5.74) is 3.71. The molecule has 0 aliphatic heterocycles. The van der Waals surface area contributed by atoms with Gasteiger partial charge in [-0.05, 0) is 35.6 Å². The summed E-state index contributed by atoms with van der Waals surface area (Å²) in [5, 5.41) is 0. The Morgan fingerprint density at radius 3 is 2.40 bits per heavy atom. The van der Waals surface area contributed by atoms with Crippen molar-refractivity contribution in [2.45, 2.75) is 39.7 Å². The Morgan fingerprint density at radius 1 is 1.05 bits per heavy atom. The summed E-state index contributed by atoms with van der Waals surface area (Å²) >= 11 is 3.56. The minimum atomic E-state index is 0.0803. The van der Waals surface area contributed by atoms with E-state index in [9.17, 15) is 0 Å². The van der Waals surface area contributed by atoms with Gasteiger partial charge in [0, 0.05) is 10.0 Å². The Hall–Kier alpha value is -1.28. The topological polar surface area (TPSA) is 9.23 Å². The van der Waals surface area contributed by atoms with Crippen LogP contribution in [0.2, 0.25) is 0 Å². The van der Waals surface area contributed by atoms with Gasteiger partial charge in [0.25, 0.3) is 0 Å². The molecule has 0 aromatic heterocycles. The molecule has 0 aliphatic carbocycles. The largest absolute Gasteiger partial charge is 0.489 e. The Morgan fingerprint density at radius 2 is 1.75 bits per heavy atom. The monoisotopic (exact) mass is 332 g/mol. The lowest BCUT2D eigenvalue weighted by atomic mass is 9.86. The van der Waals surface area contributed by atoms with Gasteiger partial charge in [-0.25, -0.2) is 0 Å². The molecule has 106 valence electrons. The second-order valence-corrected chi connectivity index (χ2v) is 6.98. The van der Waals surface area contributed by atoms with Crippen LogP contribution in [0.25, 0.3) is 0 Å². The van der Waals surface area contributed by atoms with Crippen LogP contribution in [0.5, 0.6) is 5.75 Å². The third-order valence-electron chi connectivity index (χ3n) is 3.29. The third-order valence-corrected chi connectivity index (χ3v) is 4.06. The van der Waals surface area contributed by atoms with Crippen molar-refractivity contribution in [2.24, 2.45) is 0 Å². The molecule has 2 aromatic carbocycles. The minimum Gasteiger partial charge on any atom is -0.489 e. The van der Waals surface area contributed by atoms with Gasteiger partial charge in [-0.1, -0.05) is 67.0 Å². The first-order chi connectivity index (χ1) is 9.38. The average molecular weight is 333 g/mol. The van der Waals surface area contributed by atoms with E-state index in [-0.39, 0.29) is 5.41 Å². The van der Waals surface area contributed by atoms with Crippen molar-refractivity contribution >= 4 is 15.9 Å². The molecule has 0 amide bonds. The van der Waals surface area contributed by atoms with E-state index in [0.29, 0.717) is 6.61 Å². The zero-order chi connectivity index (χ0) is 14.8. The lowest BCUT2D eigenvalue weighted by Gasteiger charge is -2.23. The maximum atomic E-state index is 6.08. The fourth-order valence-corrected chi connectivity index (χ4v) is 2.54. The van der Waals surface area contributed by atoms with Crippen LogP contribution in [0.1, 0.15) is 37.5 Å². The molecule has 0 saturated heterocycles. The van der Waals surface area contributed by atoms with Gasteiger partial charge in [-0.2, -0.15) is 0 Å². The van der Waals surface area contributed by atoms with Crippen LogP contribution in [0.15, 0.2) is 46.9 Å². The summed E-state index contributed by atoms with van der Waals surface area (Å²) in [6, 6.07) is 14.6. The van der Waals surface area contributed by atoms with Crippen LogP contribution in [-0.4, -0.2) is 0 Å².